The van der Waals surface area contributed by atoms with E-state index in [1.165, 1.54) is 11.8 Å². The highest BCUT2D eigenvalue weighted by molar-refractivity contribution is 7.98. The third-order valence-corrected chi connectivity index (χ3v) is 3.55. The summed E-state index contributed by atoms with van der Waals surface area (Å²) >= 11 is 1.45. The van der Waals surface area contributed by atoms with Gasteiger partial charge in [0.1, 0.15) is 5.03 Å². The van der Waals surface area contributed by atoms with E-state index in [9.17, 15) is 4.79 Å². The lowest BCUT2D eigenvalue weighted by atomic mass is 10.1. The number of hydrogen-bond donors (Lipinski definition) is 2. The third-order valence-electron chi connectivity index (χ3n) is 2.84. The Morgan fingerprint density at radius 2 is 2.10 bits per heavy atom. The highest BCUT2D eigenvalue weighted by Gasteiger charge is 2.10. The van der Waals surface area contributed by atoms with E-state index < -0.39 is 0 Å². The summed E-state index contributed by atoms with van der Waals surface area (Å²) in [5.74, 6) is -0.142. The fourth-order valence-electron chi connectivity index (χ4n) is 1.84. The zero-order valence-electron chi connectivity index (χ0n) is 11.2. The number of pyridine rings is 1. The molecule has 1 aromatic heterocycles. The molecule has 1 amide bonds. The SMILES string of the molecule is CSc1ncccc1C(=O)NCc1cccc(CO)c1. The third kappa shape index (κ3) is 3.59. The van der Waals surface area contributed by atoms with Gasteiger partial charge in [0.15, 0.2) is 0 Å². The van der Waals surface area contributed by atoms with Gasteiger partial charge in [-0.05, 0) is 29.5 Å². The molecule has 1 heterocycles. The summed E-state index contributed by atoms with van der Waals surface area (Å²) < 4.78 is 0. The van der Waals surface area contributed by atoms with E-state index in [0.717, 1.165) is 11.1 Å². The highest BCUT2D eigenvalue weighted by atomic mass is 32.2. The molecule has 2 aromatic rings. The fourth-order valence-corrected chi connectivity index (χ4v) is 2.39. The second-order valence-corrected chi connectivity index (χ2v) is 5.02. The summed E-state index contributed by atoms with van der Waals surface area (Å²) in [6.07, 6.45) is 3.57. The molecule has 20 heavy (non-hydrogen) atoms. The lowest BCUT2D eigenvalue weighted by Crippen LogP contribution is -2.23. The number of benzene rings is 1. The van der Waals surface area contributed by atoms with Gasteiger partial charge < -0.3 is 10.4 Å². The van der Waals surface area contributed by atoms with Gasteiger partial charge in [-0.1, -0.05) is 24.3 Å². The van der Waals surface area contributed by atoms with Gasteiger partial charge in [0.25, 0.3) is 5.91 Å². The van der Waals surface area contributed by atoms with Gasteiger partial charge in [-0.15, -0.1) is 11.8 Å². The van der Waals surface area contributed by atoms with Gasteiger partial charge in [-0.3, -0.25) is 4.79 Å². The largest absolute Gasteiger partial charge is 0.392 e. The van der Waals surface area contributed by atoms with Crippen LogP contribution < -0.4 is 5.32 Å². The van der Waals surface area contributed by atoms with E-state index in [4.69, 9.17) is 5.11 Å². The predicted octanol–water partition coefficient (Wildman–Crippen LogP) is 2.23. The molecule has 0 bridgehead atoms. The minimum absolute atomic E-state index is 0.00101. The molecular weight excluding hydrogens is 272 g/mol. The van der Waals surface area contributed by atoms with E-state index in [-0.39, 0.29) is 12.5 Å². The van der Waals surface area contributed by atoms with Crippen molar-refractivity contribution in [1.29, 1.82) is 0 Å². The van der Waals surface area contributed by atoms with Crippen LogP contribution in [-0.2, 0) is 13.2 Å². The predicted molar refractivity (Wildman–Crippen MR) is 79.6 cm³/mol. The summed E-state index contributed by atoms with van der Waals surface area (Å²) in [5.41, 5.74) is 2.38. The van der Waals surface area contributed by atoms with Crippen molar-refractivity contribution in [1.82, 2.24) is 10.3 Å². The van der Waals surface area contributed by atoms with Gasteiger partial charge in [-0.2, -0.15) is 0 Å². The molecule has 104 valence electrons. The van der Waals surface area contributed by atoms with Crippen molar-refractivity contribution in [3.8, 4) is 0 Å². The van der Waals surface area contributed by atoms with E-state index in [0.29, 0.717) is 17.1 Å². The molecule has 0 radical (unpaired) electrons. The molecule has 5 heteroatoms. The van der Waals surface area contributed by atoms with Crippen LogP contribution in [0.3, 0.4) is 0 Å². The quantitative estimate of drug-likeness (QED) is 0.828. The van der Waals surface area contributed by atoms with Crippen LogP contribution in [0.2, 0.25) is 0 Å². The number of aromatic nitrogens is 1. The van der Waals surface area contributed by atoms with E-state index in [2.05, 4.69) is 10.3 Å². The summed E-state index contributed by atoms with van der Waals surface area (Å²) in [6, 6.07) is 11.0. The Bertz CT molecular complexity index is 602. The van der Waals surface area contributed by atoms with Crippen molar-refractivity contribution < 1.29 is 9.90 Å². The van der Waals surface area contributed by atoms with Gasteiger partial charge in [-0.25, -0.2) is 4.98 Å². The topological polar surface area (TPSA) is 62.2 Å². The average Bonchev–Trinajstić information content (AvgIpc) is 2.52. The molecule has 0 aliphatic rings. The van der Waals surface area contributed by atoms with Crippen molar-refractivity contribution in [2.45, 2.75) is 18.2 Å². The van der Waals surface area contributed by atoms with Crippen LogP contribution in [-0.4, -0.2) is 22.3 Å². The minimum Gasteiger partial charge on any atom is -0.392 e. The second kappa shape index (κ2) is 7.07. The minimum atomic E-state index is -0.142. The number of aliphatic hydroxyl groups excluding tert-OH is 1. The van der Waals surface area contributed by atoms with Crippen molar-refractivity contribution >= 4 is 17.7 Å². The zero-order valence-corrected chi connectivity index (χ0v) is 12.0. The Hall–Kier alpha value is -1.85. The van der Waals surface area contributed by atoms with Gasteiger partial charge in [0, 0.05) is 12.7 Å². The maximum Gasteiger partial charge on any atom is 0.254 e. The number of rotatable bonds is 5. The second-order valence-electron chi connectivity index (χ2n) is 4.22. The van der Waals surface area contributed by atoms with Crippen LogP contribution in [0.15, 0.2) is 47.6 Å². The number of aliphatic hydroxyl groups is 1. The molecule has 0 atom stereocenters. The van der Waals surface area contributed by atoms with E-state index in [1.54, 1.807) is 18.3 Å². The Morgan fingerprint density at radius 1 is 1.30 bits per heavy atom. The first-order chi connectivity index (χ1) is 9.74. The smallest absolute Gasteiger partial charge is 0.254 e. The number of carbonyl (C=O) groups excluding carboxylic acids is 1. The number of carbonyl (C=O) groups is 1. The molecule has 0 spiro atoms. The number of thioether (sulfide) groups is 1. The molecule has 2 N–H and O–H groups in total. The number of nitrogens with one attached hydrogen (secondary N) is 1. The Labute approximate surface area is 122 Å². The summed E-state index contributed by atoms with van der Waals surface area (Å²) in [5, 5.41) is 12.7. The van der Waals surface area contributed by atoms with Crippen LogP contribution in [0.25, 0.3) is 0 Å². The van der Waals surface area contributed by atoms with Crippen molar-refractivity contribution in [3.05, 3.63) is 59.3 Å². The van der Waals surface area contributed by atoms with Gasteiger partial charge >= 0.3 is 0 Å². The molecule has 0 aliphatic carbocycles. The van der Waals surface area contributed by atoms with E-state index >= 15 is 0 Å². The average molecular weight is 288 g/mol. The van der Waals surface area contributed by atoms with Gasteiger partial charge in [0.2, 0.25) is 0 Å². The monoisotopic (exact) mass is 288 g/mol. The molecule has 2 rings (SSSR count). The molecule has 0 unspecified atom stereocenters. The summed E-state index contributed by atoms with van der Waals surface area (Å²) in [7, 11) is 0. The van der Waals surface area contributed by atoms with Crippen LogP contribution in [0.4, 0.5) is 0 Å². The zero-order chi connectivity index (χ0) is 14.4. The maximum atomic E-state index is 12.1. The number of amides is 1. The van der Waals surface area contributed by atoms with Crippen LogP contribution in [0.5, 0.6) is 0 Å². The Balaban J connectivity index is 2.04. The van der Waals surface area contributed by atoms with Crippen molar-refractivity contribution in [3.63, 3.8) is 0 Å². The van der Waals surface area contributed by atoms with Crippen molar-refractivity contribution in [2.24, 2.45) is 0 Å². The number of nitrogens with zero attached hydrogens (tertiary/aromatic N) is 1. The molecule has 0 saturated carbocycles. The Morgan fingerprint density at radius 3 is 2.85 bits per heavy atom. The standard InChI is InChI=1S/C15H16N2O2S/c1-20-15-13(6-3-7-16-15)14(19)17-9-11-4-2-5-12(8-11)10-18/h2-8,18H,9-10H2,1H3,(H,17,19). The lowest BCUT2D eigenvalue weighted by molar-refractivity contribution is 0.0947. The molecule has 0 aliphatic heterocycles. The first kappa shape index (κ1) is 14.6. The lowest BCUT2D eigenvalue weighted by Gasteiger charge is -2.08. The molecular formula is C15H16N2O2S. The molecule has 1 aromatic carbocycles. The normalized spacial score (nSPS) is 10.3. The summed E-state index contributed by atoms with van der Waals surface area (Å²) in [6.45, 7) is 0.427. The fraction of sp³-hybridized carbons (Fsp3) is 0.200. The first-order valence-electron chi connectivity index (χ1n) is 6.20. The van der Waals surface area contributed by atoms with Crippen LogP contribution in [0.1, 0.15) is 21.5 Å². The molecule has 4 nitrogen and oxygen atoms in total. The summed E-state index contributed by atoms with van der Waals surface area (Å²) in [4.78, 5) is 16.3. The number of hydrogen-bond acceptors (Lipinski definition) is 4. The highest BCUT2D eigenvalue weighted by Crippen LogP contribution is 2.16. The van der Waals surface area contributed by atoms with Crippen LogP contribution in [0, 0.1) is 0 Å². The maximum absolute atomic E-state index is 12.1. The first-order valence-corrected chi connectivity index (χ1v) is 7.43. The Kier molecular flexibility index (Phi) is 5.15. The van der Waals surface area contributed by atoms with Crippen LogP contribution >= 0.6 is 11.8 Å². The van der Waals surface area contributed by atoms with E-state index in [1.807, 2.05) is 30.5 Å². The molecule has 0 fully saturated rings. The van der Waals surface area contributed by atoms with Crippen molar-refractivity contribution in [2.75, 3.05) is 6.26 Å². The van der Waals surface area contributed by atoms with Gasteiger partial charge in [0.05, 0.1) is 12.2 Å². The molecule has 0 saturated heterocycles.